The minimum atomic E-state index is -0.959. The maximum atomic E-state index is 12.1. The highest BCUT2D eigenvalue weighted by molar-refractivity contribution is 9.11. The van der Waals surface area contributed by atoms with Crippen molar-refractivity contribution in [1.82, 2.24) is 15.1 Å². The minimum Gasteiger partial charge on any atom is -0.478 e. The molecule has 8 aliphatic rings. The van der Waals surface area contributed by atoms with Crippen molar-refractivity contribution in [3.05, 3.63) is 86.7 Å². The van der Waals surface area contributed by atoms with E-state index in [2.05, 4.69) is 107 Å². The molecule has 4 aromatic carbocycles. The second-order valence-corrected chi connectivity index (χ2v) is 33.6. The molecule has 0 aromatic heterocycles. The van der Waals surface area contributed by atoms with Crippen LogP contribution in [0, 0.1) is 51.4 Å². The highest BCUT2D eigenvalue weighted by Crippen LogP contribution is 2.56. The van der Waals surface area contributed by atoms with Gasteiger partial charge in [-0.25, -0.2) is 24.0 Å². The van der Waals surface area contributed by atoms with Crippen molar-refractivity contribution >= 4 is 93.7 Å². The first-order valence-electron chi connectivity index (χ1n) is 35.2. The Morgan fingerprint density at radius 1 is 0.441 bits per heavy atom. The van der Waals surface area contributed by atoms with Crippen molar-refractivity contribution in [2.45, 2.75) is 232 Å². The topological polar surface area (TPSA) is 261 Å². The highest BCUT2D eigenvalue weighted by atomic mass is 79.9. The maximum absolute atomic E-state index is 12.1. The number of rotatable bonds is 11. The molecule has 562 valence electrons. The number of carbonyl (C=O) groups is 5. The third-order valence-corrected chi connectivity index (χ3v) is 24.0. The lowest BCUT2D eigenvalue weighted by atomic mass is 9.81. The van der Waals surface area contributed by atoms with Gasteiger partial charge in [-0.05, 0) is 267 Å². The maximum Gasteiger partial charge on any atom is 0.407 e. The predicted molar refractivity (Wildman–Crippen MR) is 399 cm³/mol. The van der Waals surface area contributed by atoms with E-state index in [4.69, 9.17) is 62.6 Å². The van der Waals surface area contributed by atoms with Gasteiger partial charge >= 0.3 is 30.0 Å². The summed E-state index contributed by atoms with van der Waals surface area (Å²) in [6, 6.07) is 8.36. The molecule has 1 amide bonds. The van der Waals surface area contributed by atoms with E-state index in [1.165, 1.54) is 21.3 Å². The van der Waals surface area contributed by atoms with Crippen LogP contribution in [0.2, 0.25) is 0 Å². The van der Waals surface area contributed by atoms with Gasteiger partial charge in [-0.3, -0.25) is 0 Å². The number of nitrogens with zero attached hydrogens (tertiary/aromatic N) is 2. The number of amides is 1. The molecule has 4 aliphatic carbocycles. The van der Waals surface area contributed by atoms with Gasteiger partial charge < -0.3 is 82.8 Å². The Bertz CT molecular complexity index is 3800. The van der Waals surface area contributed by atoms with Crippen LogP contribution in [0.3, 0.4) is 0 Å². The van der Waals surface area contributed by atoms with Gasteiger partial charge in [0.15, 0.2) is 46.0 Å². The first kappa shape index (κ1) is 80.3. The van der Waals surface area contributed by atoms with Gasteiger partial charge in [0.2, 0.25) is 0 Å². The number of carboxylic acid groups (broad SMARTS) is 1. The van der Waals surface area contributed by atoms with E-state index in [0.717, 1.165) is 118 Å². The van der Waals surface area contributed by atoms with Crippen molar-refractivity contribution in [1.29, 1.82) is 0 Å². The monoisotopic (exact) mass is 1670 g/mol. The summed E-state index contributed by atoms with van der Waals surface area (Å²) >= 11 is 13.9. The number of hydrogen-bond acceptors (Lipinski definition) is 20. The van der Waals surface area contributed by atoms with Crippen molar-refractivity contribution in [3.8, 4) is 46.0 Å². The average molecular weight is 1680 g/mol. The summed E-state index contributed by atoms with van der Waals surface area (Å²) in [7, 11) is 12.6. The number of halogens is 4. The van der Waals surface area contributed by atoms with Crippen molar-refractivity contribution in [2.24, 2.45) is 29.4 Å². The SMILES string of the molecule is COC(=O)c1cc(Br)c2c(c1C)OC(C)(C1CCC(N(C)C)CC1)O2.COC(=O)c1cc(Br)c2c(c1C)OC(C)(C1CCC(N)CC1)O2.COC(=O)c1cc(Br)c2c(c1C)OC(C)(C1CCC(NC(=O)OC(C)(C)C)CC1)O2.Cc1c(C(=O)O)cc(Br)c2c1OC(C)(C1CCC(N(C)C)CC1)O2. The first-order valence-corrected chi connectivity index (χ1v) is 38.4. The number of aromatic carboxylic acids is 1. The predicted octanol–water partition coefficient (Wildman–Crippen LogP) is 16.9. The van der Waals surface area contributed by atoms with Crippen LogP contribution in [0.15, 0.2) is 42.2 Å². The average Bonchev–Trinajstić information content (AvgIpc) is 1.62. The van der Waals surface area contributed by atoms with Crippen LogP contribution in [0.5, 0.6) is 46.0 Å². The zero-order valence-electron chi connectivity index (χ0n) is 62.1. The Morgan fingerprint density at radius 2 is 0.686 bits per heavy atom. The van der Waals surface area contributed by atoms with Crippen LogP contribution in [-0.2, 0) is 18.9 Å². The van der Waals surface area contributed by atoms with Gasteiger partial charge in [0.25, 0.3) is 23.1 Å². The van der Waals surface area contributed by atoms with E-state index < -0.39 is 40.7 Å². The van der Waals surface area contributed by atoms with E-state index in [1.54, 1.807) is 31.2 Å². The number of esters is 3. The van der Waals surface area contributed by atoms with E-state index in [1.807, 2.05) is 69.2 Å². The Kier molecular flexibility index (Phi) is 25.3. The van der Waals surface area contributed by atoms with Crippen LogP contribution in [0.4, 0.5) is 4.79 Å². The zero-order chi connectivity index (χ0) is 75.0. The van der Waals surface area contributed by atoms with Crippen molar-refractivity contribution < 1.29 is 85.9 Å². The Balaban J connectivity index is 0.000000159. The third-order valence-electron chi connectivity index (χ3n) is 21.7. The van der Waals surface area contributed by atoms with E-state index in [0.29, 0.717) is 111 Å². The van der Waals surface area contributed by atoms with Crippen LogP contribution in [0.25, 0.3) is 0 Å². The van der Waals surface area contributed by atoms with Gasteiger partial charge in [-0.1, -0.05) is 0 Å². The van der Waals surface area contributed by atoms with Crippen molar-refractivity contribution in [3.63, 3.8) is 0 Å². The number of nitrogens with two attached hydrogens (primary N) is 1. The molecule has 12 rings (SSSR count). The summed E-state index contributed by atoms with van der Waals surface area (Å²) in [6.07, 6.45) is 15.6. The molecule has 4 heterocycles. The summed E-state index contributed by atoms with van der Waals surface area (Å²) in [5, 5.41) is 12.3. The molecular weight excluding hydrogens is 1580 g/mol. The molecule has 4 aromatic rings. The summed E-state index contributed by atoms with van der Waals surface area (Å²) in [5.74, 6) is 0.905. The molecule has 102 heavy (non-hydrogen) atoms. The molecule has 22 nitrogen and oxygen atoms in total. The van der Waals surface area contributed by atoms with E-state index >= 15 is 0 Å². The van der Waals surface area contributed by atoms with Gasteiger partial charge in [0.1, 0.15) is 5.60 Å². The number of fused-ring (bicyclic) bond motifs is 4. The molecule has 4 atom stereocenters. The molecule has 0 spiro atoms. The highest BCUT2D eigenvalue weighted by Gasteiger charge is 2.52. The fraction of sp³-hybridized carbons (Fsp3) is 0.618. The molecule has 4 N–H and O–H groups in total. The summed E-state index contributed by atoms with van der Waals surface area (Å²) in [6.45, 7) is 20.8. The van der Waals surface area contributed by atoms with E-state index in [-0.39, 0.29) is 47.5 Å². The Morgan fingerprint density at radius 3 is 0.941 bits per heavy atom. The van der Waals surface area contributed by atoms with Crippen LogP contribution < -0.4 is 48.9 Å². The first-order chi connectivity index (χ1) is 47.8. The van der Waals surface area contributed by atoms with Gasteiger partial charge in [-0.15, -0.1) is 0 Å². The molecule has 0 saturated heterocycles. The lowest BCUT2D eigenvalue weighted by molar-refractivity contribution is -0.123. The summed E-state index contributed by atoms with van der Waals surface area (Å²) in [4.78, 5) is 64.0. The Hall–Kier alpha value is -5.77. The molecular formula is C76H102Br4N4O18. The lowest BCUT2D eigenvalue weighted by Crippen LogP contribution is -2.48. The second-order valence-electron chi connectivity index (χ2n) is 30.2. The molecule has 26 heteroatoms. The lowest BCUT2D eigenvalue weighted by Gasteiger charge is -2.39. The Labute approximate surface area is 633 Å². The fourth-order valence-corrected chi connectivity index (χ4v) is 17.3. The smallest absolute Gasteiger partial charge is 0.407 e. The van der Waals surface area contributed by atoms with Gasteiger partial charge in [0.05, 0.1) is 61.5 Å². The summed E-state index contributed by atoms with van der Waals surface area (Å²) < 4.78 is 72.6. The zero-order valence-corrected chi connectivity index (χ0v) is 68.5. The number of hydrogen-bond donors (Lipinski definition) is 3. The normalized spacial score (nSPS) is 27.9. The number of carbonyl (C=O) groups excluding carboxylic acids is 4. The number of methoxy groups -OCH3 is 3. The molecule has 4 saturated carbocycles. The standard InChI is InChI=1S/C22H30BrNO6.C19H26BrNO4.C18H24BrNO4.C17H22BrNO4/c1-12-15(19(25)27-6)11-16(23)18-17(12)28-22(5,29-18)13-7-9-14(10-8-13)24-20(26)30-21(2,3)4;1-11-14(18(22)23-5)10-15(20)17-16(11)24-19(2,25-17)12-6-8-13(9-7-12)21(3)4;1-10-13(17(21)22)9-14(19)16-15(10)23-18(2,24-16)11-5-7-12(8-6-11)20(3)4;1-9-12(16(20)21-3)8-13(18)15-14(9)22-17(2,23-15)10-4-6-11(19)7-5-10/h11,13-14H,7-10H2,1-6H3,(H,24,26);10,12-13H,6-9H2,1-5H3;9,11-12H,5-8H2,1-4H3,(H,21,22);8,10-11H,4-7,19H2,1-3H3. The van der Waals surface area contributed by atoms with Crippen molar-refractivity contribution in [2.75, 3.05) is 49.5 Å². The number of ether oxygens (including phenoxy) is 12. The second kappa shape index (κ2) is 32.1. The van der Waals surface area contributed by atoms with Gasteiger partial charge in [-0.2, -0.15) is 0 Å². The van der Waals surface area contributed by atoms with Crippen LogP contribution in [-0.4, -0.2) is 147 Å². The van der Waals surface area contributed by atoms with E-state index in [9.17, 15) is 29.1 Å². The number of nitrogens with one attached hydrogen (secondary N) is 1. The number of benzene rings is 4. The van der Waals surface area contributed by atoms with Crippen LogP contribution >= 0.6 is 63.7 Å². The third kappa shape index (κ3) is 17.4. The minimum absolute atomic E-state index is 0.0721. The summed E-state index contributed by atoms with van der Waals surface area (Å²) in [5.41, 5.74) is 9.97. The molecule has 0 radical (unpaired) electrons. The largest absolute Gasteiger partial charge is 0.478 e. The van der Waals surface area contributed by atoms with Gasteiger partial charge in [0, 0.05) is 97.8 Å². The molecule has 4 unspecified atom stereocenters. The van der Waals surface area contributed by atoms with Crippen LogP contribution in [0.1, 0.15) is 215 Å². The fourth-order valence-electron chi connectivity index (χ4n) is 15.4. The number of carboxylic acids is 1. The molecule has 0 bridgehead atoms. The molecule has 4 aliphatic heterocycles. The quantitative estimate of drug-likeness (QED) is 0.0931. The molecule has 4 fully saturated rings. The number of alkyl carbamates (subject to hydrolysis) is 1.